The van der Waals surface area contributed by atoms with Crippen LogP contribution in [0, 0.1) is 0 Å². The van der Waals surface area contributed by atoms with Gasteiger partial charge in [-0.25, -0.2) is 0 Å². The number of allylic oxidation sites excluding steroid dienone is 1. The van der Waals surface area contributed by atoms with E-state index < -0.39 is 6.10 Å². The number of epoxide rings is 1. The van der Waals surface area contributed by atoms with E-state index >= 15 is 0 Å². The fourth-order valence-corrected chi connectivity index (χ4v) is 1.60. The van der Waals surface area contributed by atoms with Crippen LogP contribution in [0.4, 0.5) is 0 Å². The molecule has 1 fully saturated rings. The maximum atomic E-state index is 9.61. The van der Waals surface area contributed by atoms with Gasteiger partial charge in [-0.15, -0.1) is 0 Å². The summed E-state index contributed by atoms with van der Waals surface area (Å²) in [5.41, 5.74) is 1.14. The van der Waals surface area contributed by atoms with E-state index in [0.29, 0.717) is 0 Å². The second-order valence-corrected chi connectivity index (χ2v) is 3.45. The summed E-state index contributed by atoms with van der Waals surface area (Å²) in [5.74, 6) is 0. The summed E-state index contributed by atoms with van der Waals surface area (Å²) in [7, 11) is 0. The molecule has 3 atom stereocenters. The average molecular weight is 190 g/mol. The van der Waals surface area contributed by atoms with Crippen molar-refractivity contribution in [2.24, 2.45) is 0 Å². The highest BCUT2D eigenvalue weighted by molar-refractivity contribution is 5.23. The van der Waals surface area contributed by atoms with Crippen LogP contribution in [0.2, 0.25) is 0 Å². The number of aliphatic hydroxyl groups excluding tert-OH is 1. The Morgan fingerprint density at radius 1 is 1.36 bits per heavy atom. The van der Waals surface area contributed by atoms with Gasteiger partial charge in [0.15, 0.2) is 0 Å². The van der Waals surface area contributed by atoms with E-state index in [1.807, 2.05) is 43.3 Å². The van der Waals surface area contributed by atoms with E-state index in [-0.39, 0.29) is 12.2 Å². The predicted octanol–water partition coefficient (Wildman–Crippen LogP) is 2.06. The first kappa shape index (κ1) is 9.44. The van der Waals surface area contributed by atoms with Gasteiger partial charge in [-0.1, -0.05) is 42.5 Å². The van der Waals surface area contributed by atoms with Gasteiger partial charge in [-0.2, -0.15) is 0 Å². The molecular formula is C12H14O2. The van der Waals surface area contributed by atoms with Crippen molar-refractivity contribution in [3.8, 4) is 0 Å². The molecule has 1 aromatic carbocycles. The summed E-state index contributed by atoms with van der Waals surface area (Å²) >= 11 is 0. The van der Waals surface area contributed by atoms with E-state index in [4.69, 9.17) is 4.74 Å². The molecule has 0 saturated carbocycles. The number of hydrogen-bond donors (Lipinski definition) is 1. The van der Waals surface area contributed by atoms with Crippen LogP contribution in [0.1, 0.15) is 18.6 Å². The molecule has 14 heavy (non-hydrogen) atoms. The third kappa shape index (κ3) is 1.86. The summed E-state index contributed by atoms with van der Waals surface area (Å²) < 4.78 is 5.42. The Kier molecular flexibility index (Phi) is 2.66. The Morgan fingerprint density at radius 3 is 2.71 bits per heavy atom. The van der Waals surface area contributed by atoms with Gasteiger partial charge in [-0.3, -0.25) is 0 Å². The molecule has 1 heterocycles. The lowest BCUT2D eigenvalue weighted by Crippen LogP contribution is -2.11. The van der Waals surface area contributed by atoms with Crippen LogP contribution in [0.15, 0.2) is 42.5 Å². The Labute approximate surface area is 83.8 Å². The second-order valence-electron chi connectivity index (χ2n) is 3.45. The minimum absolute atomic E-state index is 0.0615. The Hall–Kier alpha value is -1.12. The van der Waals surface area contributed by atoms with Gasteiger partial charge in [0.25, 0.3) is 0 Å². The zero-order valence-electron chi connectivity index (χ0n) is 8.13. The number of aliphatic hydroxyl groups is 1. The first-order valence-electron chi connectivity index (χ1n) is 4.84. The fourth-order valence-electron chi connectivity index (χ4n) is 1.60. The normalized spacial score (nSPS) is 27.9. The Bertz CT molecular complexity index is 318. The fraction of sp³-hybridized carbons (Fsp3) is 0.333. The summed E-state index contributed by atoms with van der Waals surface area (Å²) in [5, 5.41) is 9.61. The molecule has 2 rings (SSSR count). The van der Waals surface area contributed by atoms with Crippen LogP contribution in [0.3, 0.4) is 0 Å². The van der Waals surface area contributed by atoms with E-state index in [1.165, 1.54) is 0 Å². The second kappa shape index (κ2) is 3.95. The highest BCUT2D eigenvalue weighted by Gasteiger charge is 2.44. The minimum atomic E-state index is -0.481. The van der Waals surface area contributed by atoms with Crippen molar-refractivity contribution in [2.45, 2.75) is 25.2 Å². The van der Waals surface area contributed by atoms with Crippen molar-refractivity contribution in [3.63, 3.8) is 0 Å². The molecule has 1 aromatic rings. The molecule has 0 bridgehead atoms. The van der Waals surface area contributed by atoms with Crippen molar-refractivity contribution in [2.75, 3.05) is 0 Å². The molecule has 74 valence electrons. The zero-order valence-corrected chi connectivity index (χ0v) is 8.13. The van der Waals surface area contributed by atoms with Crippen LogP contribution in [0.25, 0.3) is 0 Å². The number of ether oxygens (including phenoxy) is 1. The van der Waals surface area contributed by atoms with Crippen LogP contribution < -0.4 is 0 Å². The van der Waals surface area contributed by atoms with E-state index in [9.17, 15) is 5.11 Å². The van der Waals surface area contributed by atoms with Crippen LogP contribution in [-0.2, 0) is 4.74 Å². The van der Waals surface area contributed by atoms with Crippen molar-refractivity contribution in [3.05, 3.63) is 48.0 Å². The van der Waals surface area contributed by atoms with Crippen molar-refractivity contribution in [1.29, 1.82) is 0 Å². The first-order chi connectivity index (χ1) is 6.83. The lowest BCUT2D eigenvalue weighted by atomic mass is 10.1. The monoisotopic (exact) mass is 190 g/mol. The van der Waals surface area contributed by atoms with Gasteiger partial charge in [0.2, 0.25) is 0 Å². The largest absolute Gasteiger partial charge is 0.386 e. The lowest BCUT2D eigenvalue weighted by Gasteiger charge is -1.99. The number of hydrogen-bond acceptors (Lipinski definition) is 2. The molecule has 0 radical (unpaired) electrons. The van der Waals surface area contributed by atoms with E-state index in [1.54, 1.807) is 6.08 Å². The van der Waals surface area contributed by atoms with Gasteiger partial charge in [-0.05, 0) is 12.5 Å². The highest BCUT2D eigenvalue weighted by atomic mass is 16.6. The predicted molar refractivity (Wildman–Crippen MR) is 54.9 cm³/mol. The summed E-state index contributed by atoms with van der Waals surface area (Å²) in [6.07, 6.45) is 3.13. The Balaban J connectivity index is 2.00. The van der Waals surface area contributed by atoms with Gasteiger partial charge in [0, 0.05) is 0 Å². The van der Waals surface area contributed by atoms with Crippen molar-refractivity contribution < 1.29 is 9.84 Å². The molecule has 0 aromatic heterocycles. The standard InChI is InChI=1S/C12H14O2/c1-2-6-10(13)12-11(14-12)9-7-4-3-5-8-9/h2-8,10-13H,1H3/b6-2+/t10-,11+,12+/m1/s1. The Morgan fingerprint density at radius 2 is 2.07 bits per heavy atom. The quantitative estimate of drug-likeness (QED) is 0.584. The molecule has 2 heteroatoms. The topological polar surface area (TPSA) is 32.8 Å². The molecule has 0 spiro atoms. The molecule has 0 amide bonds. The van der Waals surface area contributed by atoms with Crippen LogP contribution >= 0.6 is 0 Å². The van der Waals surface area contributed by atoms with Crippen molar-refractivity contribution >= 4 is 0 Å². The minimum Gasteiger partial charge on any atom is -0.386 e. The third-order valence-electron chi connectivity index (χ3n) is 2.38. The summed E-state index contributed by atoms with van der Waals surface area (Å²) in [6.45, 7) is 1.89. The number of rotatable bonds is 3. The first-order valence-corrected chi connectivity index (χ1v) is 4.84. The third-order valence-corrected chi connectivity index (χ3v) is 2.38. The number of benzene rings is 1. The lowest BCUT2D eigenvalue weighted by molar-refractivity contribution is 0.177. The molecule has 1 N–H and O–H groups in total. The smallest absolute Gasteiger partial charge is 0.118 e. The van der Waals surface area contributed by atoms with Gasteiger partial charge < -0.3 is 9.84 Å². The van der Waals surface area contributed by atoms with Crippen molar-refractivity contribution in [1.82, 2.24) is 0 Å². The van der Waals surface area contributed by atoms with E-state index in [2.05, 4.69) is 0 Å². The molecule has 2 nitrogen and oxygen atoms in total. The molecule has 1 aliphatic heterocycles. The highest BCUT2D eigenvalue weighted by Crippen LogP contribution is 2.40. The molecule has 1 saturated heterocycles. The molecule has 0 unspecified atom stereocenters. The van der Waals surface area contributed by atoms with Crippen LogP contribution in [0.5, 0.6) is 0 Å². The molecular weight excluding hydrogens is 176 g/mol. The van der Waals surface area contributed by atoms with E-state index in [0.717, 1.165) is 5.56 Å². The van der Waals surface area contributed by atoms with Gasteiger partial charge >= 0.3 is 0 Å². The van der Waals surface area contributed by atoms with Gasteiger partial charge in [0.1, 0.15) is 18.3 Å². The zero-order chi connectivity index (χ0) is 9.97. The maximum absolute atomic E-state index is 9.61. The summed E-state index contributed by atoms with van der Waals surface area (Å²) in [6, 6.07) is 9.98. The molecule has 0 aliphatic carbocycles. The maximum Gasteiger partial charge on any atom is 0.118 e. The molecule has 1 aliphatic rings. The average Bonchev–Trinajstić information content (AvgIpc) is 2.99. The summed E-state index contributed by atoms with van der Waals surface area (Å²) in [4.78, 5) is 0. The SMILES string of the molecule is C/C=C/[C@@H](O)[C@@H]1O[C@H]1c1ccccc1. The van der Waals surface area contributed by atoms with Gasteiger partial charge in [0.05, 0.1) is 0 Å². The van der Waals surface area contributed by atoms with Crippen LogP contribution in [-0.4, -0.2) is 17.3 Å².